The van der Waals surface area contributed by atoms with Crippen LogP contribution >= 0.6 is 11.3 Å². The van der Waals surface area contributed by atoms with Gasteiger partial charge in [0, 0.05) is 12.2 Å². The van der Waals surface area contributed by atoms with Crippen LogP contribution in [0.2, 0.25) is 0 Å². The molecular weight excluding hydrogens is 280 g/mol. The highest BCUT2D eigenvalue weighted by Crippen LogP contribution is 2.15. The monoisotopic (exact) mass is 294 g/mol. The van der Waals surface area contributed by atoms with E-state index in [2.05, 4.69) is 9.71 Å². The molecule has 1 atom stereocenters. The van der Waals surface area contributed by atoms with E-state index < -0.39 is 10.0 Å². The summed E-state index contributed by atoms with van der Waals surface area (Å²) in [5, 5.41) is 0. The molecule has 0 aromatic carbocycles. The molecule has 7 nitrogen and oxygen atoms in total. The van der Waals surface area contributed by atoms with E-state index in [1.807, 2.05) is 0 Å². The van der Waals surface area contributed by atoms with Crippen molar-refractivity contribution in [3.05, 3.63) is 15.4 Å². The lowest BCUT2D eigenvalue weighted by molar-refractivity contribution is -0.0846. The molecule has 0 bridgehead atoms. The molecule has 2 heterocycles. The lowest BCUT2D eigenvalue weighted by atomic mass is 10.3. The van der Waals surface area contributed by atoms with Crippen LogP contribution in [0.5, 0.6) is 0 Å². The van der Waals surface area contributed by atoms with Crippen molar-refractivity contribution >= 4 is 21.4 Å². The first-order valence-corrected chi connectivity index (χ1v) is 7.68. The van der Waals surface area contributed by atoms with E-state index >= 15 is 0 Å². The van der Waals surface area contributed by atoms with Crippen LogP contribution in [0.25, 0.3) is 0 Å². The predicted molar refractivity (Wildman–Crippen MR) is 65.4 cm³/mol. The second-order valence-corrected chi connectivity index (χ2v) is 6.79. The first-order chi connectivity index (χ1) is 8.49. The van der Waals surface area contributed by atoms with Crippen LogP contribution in [-0.4, -0.2) is 45.9 Å². The minimum Gasteiger partial charge on any atom is -0.376 e. The molecule has 1 aliphatic heterocycles. The van der Waals surface area contributed by atoms with Crippen molar-refractivity contribution in [2.45, 2.75) is 17.2 Å². The Morgan fingerprint density at radius 2 is 2.28 bits per heavy atom. The number of sulfonamides is 1. The van der Waals surface area contributed by atoms with Gasteiger partial charge in [-0.3, -0.25) is 4.79 Å². The van der Waals surface area contributed by atoms with E-state index in [1.165, 1.54) is 0 Å². The third-order valence-electron chi connectivity index (χ3n) is 2.41. The molecular formula is C9H14N2O5S2. The van der Waals surface area contributed by atoms with E-state index in [0.717, 1.165) is 0 Å². The molecule has 1 aliphatic rings. The zero-order chi connectivity index (χ0) is 13.2. The topological polar surface area (TPSA) is 97.5 Å². The first kappa shape index (κ1) is 13.7. The quantitative estimate of drug-likeness (QED) is 0.775. The van der Waals surface area contributed by atoms with Gasteiger partial charge in [-0.15, -0.1) is 0 Å². The third kappa shape index (κ3) is 3.18. The maximum atomic E-state index is 12.0. The Morgan fingerprint density at radius 1 is 1.50 bits per heavy atom. The fourth-order valence-corrected chi connectivity index (χ4v) is 3.98. The van der Waals surface area contributed by atoms with Gasteiger partial charge in [0.05, 0.1) is 25.9 Å². The van der Waals surface area contributed by atoms with Gasteiger partial charge in [0.25, 0.3) is 10.0 Å². The van der Waals surface area contributed by atoms with Gasteiger partial charge in [0.2, 0.25) is 0 Å². The van der Waals surface area contributed by atoms with E-state index in [0.29, 0.717) is 36.9 Å². The number of aromatic amines is 1. The number of hydrogen-bond donors (Lipinski definition) is 2. The second-order valence-electron chi connectivity index (χ2n) is 3.85. The largest absolute Gasteiger partial charge is 0.376 e. The highest BCUT2D eigenvalue weighted by atomic mass is 32.2. The van der Waals surface area contributed by atoms with E-state index in [4.69, 9.17) is 9.47 Å². The lowest BCUT2D eigenvalue weighted by Gasteiger charge is -2.22. The van der Waals surface area contributed by atoms with Crippen molar-refractivity contribution in [1.29, 1.82) is 0 Å². The summed E-state index contributed by atoms with van der Waals surface area (Å²) in [5.74, 6) is 0. The fraction of sp³-hybridized carbons (Fsp3) is 0.667. The summed E-state index contributed by atoms with van der Waals surface area (Å²) in [7, 11) is -3.67. The molecule has 0 aliphatic carbocycles. The molecule has 18 heavy (non-hydrogen) atoms. The summed E-state index contributed by atoms with van der Waals surface area (Å²) in [5.41, 5.74) is 0.346. The van der Waals surface area contributed by atoms with Gasteiger partial charge in [-0.2, -0.15) is 0 Å². The number of rotatable bonds is 4. The van der Waals surface area contributed by atoms with Crippen LogP contribution in [0.3, 0.4) is 0 Å². The Hall–Kier alpha value is -0.740. The van der Waals surface area contributed by atoms with Crippen LogP contribution in [0.4, 0.5) is 0 Å². The standard InChI is InChI=1S/C9H14N2O5S2/c1-6-8(17-9(12)11-6)18(13,14)10-4-7-5-15-2-3-16-7/h7,10H,2-5H2,1H3,(H,11,12). The van der Waals surface area contributed by atoms with E-state index in [1.54, 1.807) is 6.92 Å². The summed E-state index contributed by atoms with van der Waals surface area (Å²) in [6.07, 6.45) is -0.288. The third-order valence-corrected chi connectivity index (χ3v) is 5.44. The number of nitrogens with one attached hydrogen (secondary N) is 2. The Balaban J connectivity index is 2.03. The number of aromatic nitrogens is 1. The molecule has 0 saturated carbocycles. The molecule has 9 heteroatoms. The van der Waals surface area contributed by atoms with Crippen LogP contribution in [0.1, 0.15) is 5.69 Å². The van der Waals surface area contributed by atoms with E-state index in [9.17, 15) is 13.2 Å². The van der Waals surface area contributed by atoms with Crippen LogP contribution in [0, 0.1) is 6.92 Å². The molecule has 2 rings (SSSR count). The molecule has 1 saturated heterocycles. The van der Waals surface area contributed by atoms with Gasteiger partial charge in [0.15, 0.2) is 4.21 Å². The van der Waals surface area contributed by atoms with Crippen LogP contribution in [0.15, 0.2) is 9.00 Å². The minimum absolute atomic E-state index is 0.0178. The van der Waals surface area contributed by atoms with Gasteiger partial charge in [-0.25, -0.2) is 13.1 Å². The Kier molecular flexibility index (Phi) is 4.17. The number of aryl methyl sites for hydroxylation is 1. The van der Waals surface area contributed by atoms with Crippen molar-refractivity contribution in [3.63, 3.8) is 0 Å². The van der Waals surface area contributed by atoms with Gasteiger partial charge in [-0.05, 0) is 6.92 Å². The van der Waals surface area contributed by atoms with Gasteiger partial charge < -0.3 is 14.5 Å². The molecule has 0 spiro atoms. The highest BCUT2D eigenvalue weighted by molar-refractivity contribution is 7.91. The summed E-state index contributed by atoms with van der Waals surface area (Å²) >= 11 is 0.674. The molecule has 2 N–H and O–H groups in total. The number of H-pyrrole nitrogens is 1. The average molecular weight is 294 g/mol. The van der Waals surface area contributed by atoms with Crippen molar-refractivity contribution < 1.29 is 17.9 Å². The maximum absolute atomic E-state index is 12.0. The number of hydrogen-bond acceptors (Lipinski definition) is 6. The molecule has 1 aromatic heterocycles. The molecule has 102 valence electrons. The van der Waals surface area contributed by atoms with Gasteiger partial charge in [0.1, 0.15) is 0 Å². The zero-order valence-corrected chi connectivity index (χ0v) is 11.4. The van der Waals surface area contributed by atoms with Crippen molar-refractivity contribution in [2.24, 2.45) is 0 Å². The summed E-state index contributed by atoms with van der Waals surface area (Å²) in [6, 6.07) is 0. The van der Waals surface area contributed by atoms with E-state index in [-0.39, 0.29) is 21.7 Å². The molecule has 0 amide bonds. The Labute approximate surface area is 108 Å². The molecule has 1 unspecified atom stereocenters. The first-order valence-electron chi connectivity index (χ1n) is 5.38. The van der Waals surface area contributed by atoms with Crippen LogP contribution < -0.4 is 9.60 Å². The molecule has 1 aromatic rings. The van der Waals surface area contributed by atoms with Crippen molar-refractivity contribution in [2.75, 3.05) is 26.4 Å². The molecule has 1 fully saturated rings. The highest BCUT2D eigenvalue weighted by Gasteiger charge is 2.23. The average Bonchev–Trinajstić information content (AvgIpc) is 2.68. The van der Waals surface area contributed by atoms with Crippen molar-refractivity contribution in [3.8, 4) is 0 Å². The smallest absolute Gasteiger partial charge is 0.305 e. The maximum Gasteiger partial charge on any atom is 0.305 e. The number of thiazole rings is 1. The minimum atomic E-state index is -3.67. The van der Waals surface area contributed by atoms with Crippen LogP contribution in [-0.2, 0) is 19.5 Å². The van der Waals surface area contributed by atoms with Crippen molar-refractivity contribution in [1.82, 2.24) is 9.71 Å². The number of ether oxygens (including phenoxy) is 2. The SMILES string of the molecule is Cc1[nH]c(=O)sc1S(=O)(=O)NCC1COCCO1. The second kappa shape index (κ2) is 5.49. The fourth-order valence-electron chi connectivity index (χ4n) is 1.57. The summed E-state index contributed by atoms with van der Waals surface area (Å²) in [4.78, 5) is 13.1. The zero-order valence-electron chi connectivity index (χ0n) is 9.76. The van der Waals surface area contributed by atoms with Gasteiger partial charge >= 0.3 is 4.87 Å². The lowest BCUT2D eigenvalue weighted by Crippen LogP contribution is -2.39. The molecule has 0 radical (unpaired) electrons. The Morgan fingerprint density at radius 3 is 2.83 bits per heavy atom. The Bertz CT molecular complexity index is 556. The normalized spacial score (nSPS) is 21.1. The summed E-state index contributed by atoms with van der Waals surface area (Å²) < 4.78 is 36.8. The van der Waals surface area contributed by atoms with Gasteiger partial charge in [-0.1, -0.05) is 11.3 Å². The summed E-state index contributed by atoms with van der Waals surface area (Å²) in [6.45, 7) is 3.04. The predicted octanol–water partition coefficient (Wildman–Crippen LogP) is -0.561.